The summed E-state index contributed by atoms with van der Waals surface area (Å²) in [5.41, 5.74) is 0.796. The number of likely N-dealkylation sites (N-methyl/N-ethyl adjacent to an activating group) is 1. The molecular formula is C20H22Cl3N3O4S. The minimum Gasteiger partial charge on any atom is -0.357 e. The highest BCUT2D eigenvalue weighted by molar-refractivity contribution is 7.92. The van der Waals surface area contributed by atoms with E-state index in [-0.39, 0.29) is 33.2 Å². The SMILES string of the molecule is CNC(=O)[C@H](C)N(Cc1ccccc1)C(=O)CN(c1cc(Cl)c(Cl)cc1Cl)S(C)(=O)=O. The van der Waals surface area contributed by atoms with Gasteiger partial charge in [0.05, 0.1) is 27.0 Å². The number of benzene rings is 2. The molecule has 0 heterocycles. The van der Waals surface area contributed by atoms with Crippen LogP contribution in [0.15, 0.2) is 42.5 Å². The molecule has 2 aromatic carbocycles. The smallest absolute Gasteiger partial charge is 0.244 e. The normalized spacial score (nSPS) is 12.2. The maximum absolute atomic E-state index is 13.2. The van der Waals surface area contributed by atoms with Crippen LogP contribution in [-0.2, 0) is 26.2 Å². The molecule has 0 aromatic heterocycles. The first kappa shape index (κ1) is 25.3. The van der Waals surface area contributed by atoms with Crippen molar-refractivity contribution in [2.75, 3.05) is 24.2 Å². The van der Waals surface area contributed by atoms with Gasteiger partial charge in [-0.05, 0) is 24.6 Å². The molecule has 0 aliphatic rings. The molecular weight excluding hydrogens is 485 g/mol. The van der Waals surface area contributed by atoms with E-state index in [4.69, 9.17) is 34.8 Å². The van der Waals surface area contributed by atoms with Crippen LogP contribution < -0.4 is 9.62 Å². The minimum absolute atomic E-state index is 0.0131. The van der Waals surface area contributed by atoms with Crippen LogP contribution >= 0.6 is 34.8 Å². The van der Waals surface area contributed by atoms with Crippen molar-refractivity contribution >= 4 is 62.3 Å². The number of amides is 2. The average molecular weight is 507 g/mol. The molecule has 11 heteroatoms. The lowest BCUT2D eigenvalue weighted by Crippen LogP contribution is -2.50. The molecule has 0 unspecified atom stereocenters. The van der Waals surface area contributed by atoms with E-state index in [0.29, 0.717) is 0 Å². The van der Waals surface area contributed by atoms with Crippen LogP contribution in [0, 0.1) is 0 Å². The fourth-order valence-electron chi connectivity index (χ4n) is 2.87. The molecule has 0 saturated heterocycles. The van der Waals surface area contributed by atoms with E-state index in [0.717, 1.165) is 16.1 Å². The fraction of sp³-hybridized carbons (Fsp3) is 0.300. The second-order valence-corrected chi connectivity index (χ2v) is 9.91. The largest absolute Gasteiger partial charge is 0.357 e. The molecule has 1 N–H and O–H groups in total. The van der Waals surface area contributed by atoms with Gasteiger partial charge in [-0.2, -0.15) is 0 Å². The minimum atomic E-state index is -3.92. The van der Waals surface area contributed by atoms with Gasteiger partial charge in [0.15, 0.2) is 0 Å². The van der Waals surface area contributed by atoms with Crippen LogP contribution in [0.3, 0.4) is 0 Å². The topological polar surface area (TPSA) is 86.8 Å². The zero-order chi connectivity index (χ0) is 23.3. The molecule has 2 amide bonds. The molecule has 0 fully saturated rings. The summed E-state index contributed by atoms with van der Waals surface area (Å²) in [5.74, 6) is -0.977. The molecule has 7 nitrogen and oxygen atoms in total. The Bertz CT molecular complexity index is 1060. The van der Waals surface area contributed by atoms with E-state index in [1.807, 2.05) is 6.07 Å². The van der Waals surface area contributed by atoms with Crippen molar-refractivity contribution in [2.24, 2.45) is 0 Å². The van der Waals surface area contributed by atoms with E-state index in [9.17, 15) is 18.0 Å². The highest BCUT2D eigenvalue weighted by atomic mass is 35.5. The van der Waals surface area contributed by atoms with Crippen molar-refractivity contribution in [3.05, 3.63) is 63.1 Å². The first-order valence-electron chi connectivity index (χ1n) is 9.13. The molecule has 168 valence electrons. The van der Waals surface area contributed by atoms with Gasteiger partial charge >= 0.3 is 0 Å². The van der Waals surface area contributed by atoms with Gasteiger partial charge in [-0.25, -0.2) is 8.42 Å². The van der Waals surface area contributed by atoms with Crippen LogP contribution in [0.1, 0.15) is 12.5 Å². The summed E-state index contributed by atoms with van der Waals surface area (Å²) in [6.07, 6.45) is 0.947. The maximum Gasteiger partial charge on any atom is 0.244 e. The number of hydrogen-bond donors (Lipinski definition) is 1. The highest BCUT2D eigenvalue weighted by Gasteiger charge is 2.30. The van der Waals surface area contributed by atoms with Crippen LogP contribution in [-0.4, -0.2) is 51.0 Å². The van der Waals surface area contributed by atoms with E-state index >= 15 is 0 Å². The number of rotatable bonds is 8. The number of carbonyl (C=O) groups is 2. The average Bonchev–Trinajstić information content (AvgIpc) is 2.71. The predicted octanol–water partition coefficient (Wildman–Crippen LogP) is 3.58. The van der Waals surface area contributed by atoms with Crippen LogP contribution in [0.25, 0.3) is 0 Å². The summed E-state index contributed by atoms with van der Waals surface area (Å²) in [4.78, 5) is 26.8. The van der Waals surface area contributed by atoms with Crippen LogP contribution in [0.4, 0.5) is 5.69 Å². The summed E-state index contributed by atoms with van der Waals surface area (Å²) in [6, 6.07) is 10.8. The molecule has 2 rings (SSSR count). The molecule has 0 aliphatic heterocycles. The Balaban J connectivity index is 2.44. The number of halogens is 3. The first-order chi connectivity index (χ1) is 14.5. The summed E-state index contributed by atoms with van der Waals surface area (Å²) in [5, 5.41) is 2.75. The van der Waals surface area contributed by atoms with Crippen molar-refractivity contribution < 1.29 is 18.0 Å². The first-order valence-corrected chi connectivity index (χ1v) is 12.1. The molecule has 1 atom stereocenters. The summed E-state index contributed by atoms with van der Waals surface area (Å²) in [6.45, 7) is 1.10. The van der Waals surface area contributed by atoms with Gasteiger partial charge in [0.25, 0.3) is 0 Å². The van der Waals surface area contributed by atoms with E-state index in [1.165, 1.54) is 24.1 Å². The monoisotopic (exact) mass is 505 g/mol. The van der Waals surface area contributed by atoms with E-state index in [1.54, 1.807) is 31.2 Å². The molecule has 31 heavy (non-hydrogen) atoms. The Morgan fingerprint density at radius 1 is 1.03 bits per heavy atom. The number of anilines is 1. The lowest BCUT2D eigenvalue weighted by molar-refractivity contribution is -0.139. The number of nitrogens with zero attached hydrogens (tertiary/aromatic N) is 2. The third-order valence-corrected chi connectivity index (χ3v) is 6.70. The maximum atomic E-state index is 13.2. The summed E-state index contributed by atoms with van der Waals surface area (Å²) < 4.78 is 25.8. The second-order valence-electron chi connectivity index (χ2n) is 6.78. The van der Waals surface area contributed by atoms with E-state index in [2.05, 4.69) is 5.32 Å². The Hall–Kier alpha value is -2.00. The van der Waals surface area contributed by atoms with Gasteiger partial charge < -0.3 is 10.2 Å². The summed E-state index contributed by atoms with van der Waals surface area (Å²) in [7, 11) is -2.46. The lowest BCUT2D eigenvalue weighted by Gasteiger charge is -2.31. The molecule has 2 aromatic rings. The lowest BCUT2D eigenvalue weighted by atomic mass is 10.1. The molecule has 0 aliphatic carbocycles. The number of carbonyl (C=O) groups excluding carboxylic acids is 2. The van der Waals surface area contributed by atoms with Gasteiger partial charge in [-0.3, -0.25) is 13.9 Å². The van der Waals surface area contributed by atoms with Crippen molar-refractivity contribution in [3.8, 4) is 0 Å². The molecule has 0 saturated carbocycles. The standard InChI is InChI=1S/C20H22Cl3N3O4S/c1-13(20(28)24-2)25(11-14-7-5-4-6-8-14)19(27)12-26(31(3,29)30)18-10-16(22)15(21)9-17(18)23/h4-10,13H,11-12H2,1-3H3,(H,24,28)/t13-/m0/s1. The van der Waals surface area contributed by atoms with Gasteiger partial charge in [-0.1, -0.05) is 65.1 Å². The van der Waals surface area contributed by atoms with Crippen LogP contribution in [0.5, 0.6) is 0 Å². The van der Waals surface area contributed by atoms with Gasteiger partial charge in [-0.15, -0.1) is 0 Å². The predicted molar refractivity (Wildman–Crippen MR) is 124 cm³/mol. The number of hydrogen-bond acceptors (Lipinski definition) is 4. The Kier molecular flexibility index (Phi) is 8.59. The Labute approximate surface area is 196 Å². The zero-order valence-corrected chi connectivity index (χ0v) is 20.2. The number of sulfonamides is 1. The van der Waals surface area contributed by atoms with Crippen molar-refractivity contribution in [3.63, 3.8) is 0 Å². The summed E-state index contributed by atoms with van der Waals surface area (Å²) >= 11 is 18.2. The molecule has 0 radical (unpaired) electrons. The zero-order valence-electron chi connectivity index (χ0n) is 17.1. The third-order valence-electron chi connectivity index (χ3n) is 4.55. The van der Waals surface area contributed by atoms with Gasteiger partial charge in [0.1, 0.15) is 12.6 Å². The molecule has 0 bridgehead atoms. The second kappa shape index (κ2) is 10.5. The third kappa shape index (κ3) is 6.49. The Morgan fingerprint density at radius 3 is 2.16 bits per heavy atom. The van der Waals surface area contributed by atoms with Crippen molar-refractivity contribution in [1.29, 1.82) is 0 Å². The van der Waals surface area contributed by atoms with Crippen molar-refractivity contribution in [2.45, 2.75) is 19.5 Å². The number of nitrogens with one attached hydrogen (secondary N) is 1. The quantitative estimate of drug-likeness (QED) is 0.555. The van der Waals surface area contributed by atoms with Crippen molar-refractivity contribution in [1.82, 2.24) is 10.2 Å². The highest BCUT2D eigenvalue weighted by Crippen LogP contribution is 2.35. The van der Waals surface area contributed by atoms with E-state index < -0.39 is 28.5 Å². The van der Waals surface area contributed by atoms with Crippen LogP contribution in [0.2, 0.25) is 15.1 Å². The fourth-order valence-corrected chi connectivity index (χ4v) is 4.42. The molecule has 0 spiro atoms. The van der Waals surface area contributed by atoms with Gasteiger partial charge in [0.2, 0.25) is 21.8 Å². The van der Waals surface area contributed by atoms with Gasteiger partial charge in [0, 0.05) is 13.6 Å². The Morgan fingerprint density at radius 2 is 1.61 bits per heavy atom.